The van der Waals surface area contributed by atoms with E-state index in [9.17, 15) is 4.79 Å². The van der Waals surface area contributed by atoms with E-state index >= 15 is 0 Å². The summed E-state index contributed by atoms with van der Waals surface area (Å²) in [6, 6.07) is 8.92. The zero-order chi connectivity index (χ0) is 13.8. The van der Waals surface area contributed by atoms with Gasteiger partial charge in [-0.05, 0) is 36.4 Å². The maximum atomic E-state index is 12.3. The Kier molecular flexibility index (Phi) is 4.23. The van der Waals surface area contributed by atoms with Gasteiger partial charge in [0.15, 0.2) is 0 Å². The number of amides is 1. The summed E-state index contributed by atoms with van der Waals surface area (Å²) in [6.45, 7) is 2.75. The molecule has 0 aliphatic carbocycles. The van der Waals surface area contributed by atoms with Crippen LogP contribution in [0, 0.1) is 23.2 Å². The number of nitrogens with one attached hydrogen (secondary N) is 1. The molecule has 0 saturated carbocycles. The van der Waals surface area contributed by atoms with Crippen LogP contribution in [0.15, 0.2) is 29.3 Å². The van der Waals surface area contributed by atoms with Crippen molar-refractivity contribution in [2.45, 2.75) is 6.92 Å². The first-order valence-electron chi connectivity index (χ1n) is 6.05. The number of aliphatic imine (C=N–C) groups is 1. The molecule has 1 aliphatic heterocycles. The van der Waals surface area contributed by atoms with Crippen LogP contribution in [0.5, 0.6) is 0 Å². The van der Waals surface area contributed by atoms with Crippen molar-refractivity contribution in [1.82, 2.24) is 0 Å². The van der Waals surface area contributed by atoms with Crippen LogP contribution in [0.2, 0.25) is 0 Å². The van der Waals surface area contributed by atoms with E-state index in [-0.39, 0.29) is 17.7 Å². The molecule has 5 heteroatoms. The number of hydrogen-bond acceptors (Lipinski definition) is 4. The Hall–Kier alpha value is -1.80. The topological polar surface area (TPSA) is 65.2 Å². The Labute approximate surface area is 116 Å². The lowest BCUT2D eigenvalue weighted by Crippen LogP contribution is -2.30. The second-order valence-electron chi connectivity index (χ2n) is 4.52. The molecule has 2 unspecified atom stereocenters. The average Bonchev–Trinajstić information content (AvgIpc) is 2.80. The fraction of sp³-hybridized carbons (Fsp3) is 0.357. The molecular weight excluding hydrogens is 258 g/mol. The monoisotopic (exact) mass is 273 g/mol. The second-order valence-corrected chi connectivity index (χ2v) is 5.34. The molecule has 0 aromatic heterocycles. The molecule has 1 N–H and O–H groups in total. The Balaban J connectivity index is 2.08. The maximum absolute atomic E-state index is 12.3. The largest absolute Gasteiger partial charge is 0.325 e. The summed E-state index contributed by atoms with van der Waals surface area (Å²) in [4.78, 5) is 16.7. The number of nitrogens with zero attached hydrogens (tertiary/aromatic N) is 2. The van der Waals surface area contributed by atoms with Crippen LogP contribution >= 0.6 is 11.8 Å². The summed E-state index contributed by atoms with van der Waals surface area (Å²) in [5.74, 6) is 0.0503. The first-order chi connectivity index (χ1) is 9.15. The van der Waals surface area contributed by atoms with E-state index in [4.69, 9.17) is 5.26 Å². The van der Waals surface area contributed by atoms with Crippen molar-refractivity contribution in [2.75, 3.05) is 18.1 Å². The van der Waals surface area contributed by atoms with Crippen molar-refractivity contribution >= 4 is 28.4 Å². The van der Waals surface area contributed by atoms with E-state index in [0.29, 0.717) is 17.8 Å². The molecule has 0 spiro atoms. The molecule has 0 radical (unpaired) electrons. The fourth-order valence-corrected chi connectivity index (χ4v) is 2.89. The van der Waals surface area contributed by atoms with Crippen molar-refractivity contribution < 1.29 is 4.79 Å². The van der Waals surface area contributed by atoms with Crippen molar-refractivity contribution in [1.29, 1.82) is 5.26 Å². The van der Waals surface area contributed by atoms with Gasteiger partial charge in [-0.2, -0.15) is 5.26 Å². The van der Waals surface area contributed by atoms with Gasteiger partial charge in [-0.25, -0.2) is 0 Å². The molecule has 19 heavy (non-hydrogen) atoms. The lowest BCUT2D eigenvalue weighted by atomic mass is 9.97. The summed E-state index contributed by atoms with van der Waals surface area (Å²) in [5, 5.41) is 12.5. The van der Waals surface area contributed by atoms with E-state index < -0.39 is 0 Å². The average molecular weight is 273 g/mol. The van der Waals surface area contributed by atoms with Crippen LogP contribution in [0.3, 0.4) is 0 Å². The number of carbonyl (C=O) groups is 1. The standard InChI is InChI=1S/C14H15N3OS/c1-9-8-16-14(19-2)12(9)13(18)17-11-5-3-10(7-15)4-6-11/h3-6,9,12H,8H2,1-2H3,(H,17,18). The quantitative estimate of drug-likeness (QED) is 0.900. The third-order valence-electron chi connectivity index (χ3n) is 3.14. The zero-order valence-electron chi connectivity index (χ0n) is 10.9. The van der Waals surface area contributed by atoms with Gasteiger partial charge in [-0.1, -0.05) is 6.92 Å². The molecule has 0 fully saturated rings. The number of benzene rings is 1. The fourth-order valence-electron chi connectivity index (χ4n) is 2.09. The van der Waals surface area contributed by atoms with Gasteiger partial charge in [-0.15, -0.1) is 11.8 Å². The van der Waals surface area contributed by atoms with E-state index in [1.807, 2.05) is 13.2 Å². The summed E-state index contributed by atoms with van der Waals surface area (Å²) in [7, 11) is 0. The van der Waals surface area contributed by atoms with Gasteiger partial charge in [0.05, 0.1) is 22.6 Å². The van der Waals surface area contributed by atoms with Gasteiger partial charge in [0.2, 0.25) is 5.91 Å². The number of anilines is 1. The predicted octanol–water partition coefficient (Wildman–Crippen LogP) is 2.52. The van der Waals surface area contributed by atoms with Gasteiger partial charge in [0.1, 0.15) is 0 Å². The van der Waals surface area contributed by atoms with E-state index in [1.165, 1.54) is 11.8 Å². The maximum Gasteiger partial charge on any atom is 0.234 e. The van der Waals surface area contributed by atoms with E-state index in [0.717, 1.165) is 5.04 Å². The summed E-state index contributed by atoms with van der Waals surface area (Å²) in [6.07, 6.45) is 1.94. The third kappa shape index (κ3) is 2.96. The Bertz CT molecular complexity index is 545. The Morgan fingerprint density at radius 2 is 2.16 bits per heavy atom. The molecule has 1 aliphatic rings. The highest BCUT2D eigenvalue weighted by molar-refractivity contribution is 8.13. The molecule has 1 aromatic carbocycles. The summed E-state index contributed by atoms with van der Waals surface area (Å²) < 4.78 is 0. The molecule has 0 saturated heterocycles. The highest BCUT2D eigenvalue weighted by Crippen LogP contribution is 2.27. The first-order valence-corrected chi connectivity index (χ1v) is 7.27. The van der Waals surface area contributed by atoms with Crippen molar-refractivity contribution in [3.8, 4) is 6.07 Å². The number of rotatable bonds is 2. The molecule has 1 heterocycles. The smallest absolute Gasteiger partial charge is 0.234 e. The lowest BCUT2D eigenvalue weighted by Gasteiger charge is -2.16. The minimum atomic E-state index is -0.161. The van der Waals surface area contributed by atoms with Crippen LogP contribution in [-0.4, -0.2) is 23.8 Å². The minimum Gasteiger partial charge on any atom is -0.325 e. The van der Waals surface area contributed by atoms with Crippen molar-refractivity contribution in [3.63, 3.8) is 0 Å². The normalized spacial score (nSPS) is 21.6. The Morgan fingerprint density at radius 3 is 2.74 bits per heavy atom. The zero-order valence-corrected chi connectivity index (χ0v) is 11.7. The van der Waals surface area contributed by atoms with Gasteiger partial charge >= 0.3 is 0 Å². The van der Waals surface area contributed by atoms with Gasteiger partial charge in [0.25, 0.3) is 0 Å². The number of thioether (sulfide) groups is 1. The molecule has 0 bridgehead atoms. The highest BCUT2D eigenvalue weighted by atomic mass is 32.2. The highest BCUT2D eigenvalue weighted by Gasteiger charge is 2.33. The van der Waals surface area contributed by atoms with Crippen molar-refractivity contribution in [3.05, 3.63) is 29.8 Å². The van der Waals surface area contributed by atoms with Gasteiger partial charge < -0.3 is 5.32 Å². The number of nitriles is 1. The number of carbonyl (C=O) groups excluding carboxylic acids is 1. The number of hydrogen-bond donors (Lipinski definition) is 1. The van der Waals surface area contributed by atoms with Crippen LogP contribution in [0.1, 0.15) is 12.5 Å². The summed E-state index contributed by atoms with van der Waals surface area (Å²) >= 11 is 1.54. The van der Waals surface area contributed by atoms with Gasteiger partial charge in [0, 0.05) is 12.2 Å². The molecule has 98 valence electrons. The third-order valence-corrected chi connectivity index (χ3v) is 3.94. The van der Waals surface area contributed by atoms with Crippen LogP contribution in [0.25, 0.3) is 0 Å². The summed E-state index contributed by atoms with van der Waals surface area (Å²) in [5.41, 5.74) is 1.29. The molecular formula is C14H15N3OS. The molecule has 1 amide bonds. The molecule has 1 aromatic rings. The predicted molar refractivity (Wildman–Crippen MR) is 78.3 cm³/mol. The van der Waals surface area contributed by atoms with E-state index in [1.54, 1.807) is 24.3 Å². The van der Waals surface area contributed by atoms with E-state index in [2.05, 4.69) is 16.4 Å². The lowest BCUT2D eigenvalue weighted by molar-refractivity contribution is -0.118. The molecule has 4 nitrogen and oxygen atoms in total. The second kappa shape index (κ2) is 5.89. The first kappa shape index (κ1) is 13.6. The van der Waals surface area contributed by atoms with Crippen molar-refractivity contribution in [2.24, 2.45) is 16.8 Å². The van der Waals surface area contributed by atoms with Gasteiger partial charge in [-0.3, -0.25) is 9.79 Å². The SMILES string of the molecule is CSC1=NCC(C)C1C(=O)Nc1ccc(C#N)cc1. The van der Waals surface area contributed by atoms with Crippen LogP contribution < -0.4 is 5.32 Å². The Morgan fingerprint density at radius 1 is 1.47 bits per heavy atom. The van der Waals surface area contributed by atoms with Crippen LogP contribution in [0.4, 0.5) is 5.69 Å². The molecule has 2 rings (SSSR count). The molecule has 2 atom stereocenters. The van der Waals surface area contributed by atoms with Crippen LogP contribution in [-0.2, 0) is 4.79 Å². The minimum absolute atomic E-state index is 0.0252.